The van der Waals surface area contributed by atoms with Crippen molar-refractivity contribution in [2.75, 3.05) is 6.61 Å². The zero-order valence-electron chi connectivity index (χ0n) is 10.7. The Labute approximate surface area is 110 Å². The second kappa shape index (κ2) is 5.42. The summed E-state index contributed by atoms with van der Waals surface area (Å²) in [4.78, 5) is 34.1. The summed E-state index contributed by atoms with van der Waals surface area (Å²) in [5, 5.41) is 0. The van der Waals surface area contributed by atoms with Crippen LogP contribution in [0.1, 0.15) is 26.2 Å². The molecule has 0 radical (unpaired) electrons. The Hall–Kier alpha value is -1.85. The molecule has 0 amide bonds. The lowest BCUT2D eigenvalue weighted by molar-refractivity contribution is -0.172. The molecule has 6 heteroatoms. The first-order chi connectivity index (χ1) is 8.97. The summed E-state index contributed by atoms with van der Waals surface area (Å²) in [6.07, 6.45) is 0.228. The summed E-state index contributed by atoms with van der Waals surface area (Å²) in [6.45, 7) is 5.34. The van der Waals surface area contributed by atoms with Crippen molar-refractivity contribution >= 4 is 17.9 Å². The third kappa shape index (κ3) is 3.13. The van der Waals surface area contributed by atoms with Gasteiger partial charge < -0.3 is 14.2 Å². The van der Waals surface area contributed by atoms with E-state index in [1.54, 1.807) is 6.92 Å². The van der Waals surface area contributed by atoms with Crippen LogP contribution in [0.15, 0.2) is 12.2 Å². The van der Waals surface area contributed by atoms with Gasteiger partial charge in [0.05, 0.1) is 12.5 Å². The SMILES string of the molecule is C=C(C)C(=O)OC1CC(C(=O)OC2CCOC2=O)C1. The molecule has 1 aliphatic carbocycles. The number of carbonyl (C=O) groups excluding carboxylic acids is 3. The van der Waals surface area contributed by atoms with Crippen LogP contribution >= 0.6 is 0 Å². The lowest BCUT2D eigenvalue weighted by atomic mass is 9.82. The summed E-state index contributed by atoms with van der Waals surface area (Å²) < 4.78 is 14.8. The van der Waals surface area contributed by atoms with Crippen LogP contribution in [0, 0.1) is 5.92 Å². The quantitative estimate of drug-likeness (QED) is 0.425. The predicted molar refractivity (Wildman–Crippen MR) is 62.9 cm³/mol. The molecule has 19 heavy (non-hydrogen) atoms. The Kier molecular flexibility index (Phi) is 3.87. The van der Waals surface area contributed by atoms with E-state index in [0.29, 0.717) is 31.4 Å². The number of hydrogen-bond donors (Lipinski definition) is 0. The van der Waals surface area contributed by atoms with Gasteiger partial charge in [0.2, 0.25) is 6.10 Å². The van der Waals surface area contributed by atoms with Crippen molar-refractivity contribution in [2.45, 2.75) is 38.4 Å². The zero-order valence-corrected chi connectivity index (χ0v) is 10.7. The molecule has 6 nitrogen and oxygen atoms in total. The molecule has 1 saturated carbocycles. The van der Waals surface area contributed by atoms with Crippen LogP contribution in [0.5, 0.6) is 0 Å². The van der Waals surface area contributed by atoms with E-state index in [2.05, 4.69) is 6.58 Å². The first-order valence-corrected chi connectivity index (χ1v) is 6.21. The third-order valence-corrected chi connectivity index (χ3v) is 3.20. The van der Waals surface area contributed by atoms with E-state index in [1.165, 1.54) is 0 Å². The minimum atomic E-state index is -0.774. The van der Waals surface area contributed by atoms with Crippen molar-refractivity contribution in [1.29, 1.82) is 0 Å². The molecule has 1 heterocycles. The largest absolute Gasteiger partial charge is 0.463 e. The summed E-state index contributed by atoms with van der Waals surface area (Å²) in [5.74, 6) is -1.67. The van der Waals surface area contributed by atoms with Gasteiger partial charge in [-0.05, 0) is 19.8 Å². The minimum Gasteiger partial charge on any atom is -0.463 e. The molecule has 1 aliphatic heterocycles. The van der Waals surface area contributed by atoms with E-state index >= 15 is 0 Å². The maximum atomic E-state index is 11.7. The molecule has 2 rings (SSSR count). The van der Waals surface area contributed by atoms with Crippen molar-refractivity contribution < 1.29 is 28.6 Å². The van der Waals surface area contributed by atoms with E-state index in [0.717, 1.165) is 0 Å². The molecule has 104 valence electrons. The zero-order chi connectivity index (χ0) is 14.0. The molecule has 0 spiro atoms. The lowest BCUT2D eigenvalue weighted by Crippen LogP contribution is -2.40. The molecule has 0 bridgehead atoms. The summed E-state index contributed by atoms with van der Waals surface area (Å²) in [7, 11) is 0. The van der Waals surface area contributed by atoms with Gasteiger partial charge in [-0.1, -0.05) is 6.58 Å². The van der Waals surface area contributed by atoms with E-state index in [9.17, 15) is 14.4 Å². The second-order valence-corrected chi connectivity index (χ2v) is 4.86. The van der Waals surface area contributed by atoms with Crippen LogP contribution in [0.3, 0.4) is 0 Å². The topological polar surface area (TPSA) is 78.9 Å². The summed E-state index contributed by atoms with van der Waals surface area (Å²) in [6, 6.07) is 0. The molecule has 0 aromatic carbocycles. The van der Waals surface area contributed by atoms with Crippen molar-refractivity contribution in [3.63, 3.8) is 0 Å². The Morgan fingerprint density at radius 3 is 2.53 bits per heavy atom. The highest BCUT2D eigenvalue weighted by Gasteiger charge is 2.40. The van der Waals surface area contributed by atoms with Gasteiger partial charge in [-0.15, -0.1) is 0 Å². The van der Waals surface area contributed by atoms with E-state index in [4.69, 9.17) is 14.2 Å². The fourth-order valence-corrected chi connectivity index (χ4v) is 1.93. The first-order valence-electron chi connectivity index (χ1n) is 6.21. The van der Waals surface area contributed by atoms with Crippen LogP contribution in [0.4, 0.5) is 0 Å². The molecule has 1 atom stereocenters. The second-order valence-electron chi connectivity index (χ2n) is 4.86. The van der Waals surface area contributed by atoms with Gasteiger partial charge in [-0.2, -0.15) is 0 Å². The van der Waals surface area contributed by atoms with Gasteiger partial charge in [-0.25, -0.2) is 9.59 Å². The van der Waals surface area contributed by atoms with Crippen LogP contribution < -0.4 is 0 Å². The number of ether oxygens (including phenoxy) is 3. The molecule has 0 N–H and O–H groups in total. The highest BCUT2D eigenvalue weighted by Crippen LogP contribution is 2.32. The number of rotatable bonds is 4. The molecule has 1 unspecified atom stereocenters. The maximum absolute atomic E-state index is 11.7. The van der Waals surface area contributed by atoms with Gasteiger partial charge in [0.15, 0.2) is 0 Å². The van der Waals surface area contributed by atoms with Crippen molar-refractivity contribution in [3.05, 3.63) is 12.2 Å². The lowest BCUT2D eigenvalue weighted by Gasteiger charge is -2.33. The smallest absolute Gasteiger partial charge is 0.347 e. The fourth-order valence-electron chi connectivity index (χ4n) is 1.93. The van der Waals surface area contributed by atoms with Gasteiger partial charge >= 0.3 is 17.9 Å². The van der Waals surface area contributed by atoms with Gasteiger partial charge in [0.1, 0.15) is 6.10 Å². The highest BCUT2D eigenvalue weighted by molar-refractivity contribution is 5.87. The maximum Gasteiger partial charge on any atom is 0.347 e. The Morgan fingerprint density at radius 1 is 1.32 bits per heavy atom. The number of esters is 3. The molecule has 1 saturated heterocycles. The van der Waals surface area contributed by atoms with Crippen LogP contribution in [0.25, 0.3) is 0 Å². The average molecular weight is 268 g/mol. The number of hydrogen-bond acceptors (Lipinski definition) is 6. The predicted octanol–water partition coefficient (Wildman–Crippen LogP) is 0.743. The minimum absolute atomic E-state index is 0.266. The van der Waals surface area contributed by atoms with Gasteiger partial charge in [0.25, 0.3) is 0 Å². The van der Waals surface area contributed by atoms with Crippen molar-refractivity contribution in [1.82, 2.24) is 0 Å². The Balaban J connectivity index is 1.71. The Morgan fingerprint density at radius 2 is 2.00 bits per heavy atom. The normalized spacial score (nSPS) is 29.1. The molecule has 0 aromatic rings. The number of cyclic esters (lactones) is 1. The monoisotopic (exact) mass is 268 g/mol. The summed E-state index contributed by atoms with van der Waals surface area (Å²) >= 11 is 0. The number of carbonyl (C=O) groups is 3. The van der Waals surface area contributed by atoms with Crippen LogP contribution in [-0.4, -0.2) is 36.7 Å². The molecule has 0 aromatic heterocycles. The molecular weight excluding hydrogens is 252 g/mol. The highest BCUT2D eigenvalue weighted by atomic mass is 16.6. The van der Waals surface area contributed by atoms with E-state index < -0.39 is 24.0 Å². The third-order valence-electron chi connectivity index (χ3n) is 3.20. The van der Waals surface area contributed by atoms with Gasteiger partial charge in [0, 0.05) is 12.0 Å². The van der Waals surface area contributed by atoms with Crippen molar-refractivity contribution in [3.8, 4) is 0 Å². The molecule has 2 fully saturated rings. The summed E-state index contributed by atoms with van der Waals surface area (Å²) in [5.41, 5.74) is 0.333. The average Bonchev–Trinajstić information content (AvgIpc) is 2.68. The van der Waals surface area contributed by atoms with Gasteiger partial charge in [-0.3, -0.25) is 4.79 Å². The first kappa shape index (κ1) is 13.6. The Bertz CT molecular complexity index is 421. The van der Waals surface area contributed by atoms with Crippen LogP contribution in [0.2, 0.25) is 0 Å². The standard InChI is InChI=1S/C13H16O6/c1-7(2)11(14)18-9-5-8(6-9)12(15)19-10-3-4-17-13(10)16/h8-10H,1,3-6H2,2H3. The van der Waals surface area contributed by atoms with Crippen LogP contribution in [-0.2, 0) is 28.6 Å². The van der Waals surface area contributed by atoms with E-state index in [1.807, 2.05) is 0 Å². The van der Waals surface area contributed by atoms with Crippen molar-refractivity contribution in [2.24, 2.45) is 5.92 Å². The molecular formula is C13H16O6. The fraction of sp³-hybridized carbons (Fsp3) is 0.615. The van der Waals surface area contributed by atoms with E-state index in [-0.39, 0.29) is 12.0 Å². The molecule has 2 aliphatic rings.